The van der Waals surface area contributed by atoms with E-state index in [1.54, 1.807) is 0 Å². The van der Waals surface area contributed by atoms with Gasteiger partial charge in [0.15, 0.2) is 0 Å². The first-order valence-electron chi connectivity index (χ1n) is 9.64. The van der Waals surface area contributed by atoms with Crippen LogP contribution >= 0.6 is 0 Å². The van der Waals surface area contributed by atoms with Crippen LogP contribution in [-0.2, 0) is 6.61 Å². The minimum absolute atomic E-state index is 0.581. The number of hydrogen-bond acceptors (Lipinski definition) is 4. The minimum atomic E-state index is 0.581. The summed E-state index contributed by atoms with van der Waals surface area (Å²) >= 11 is 0. The van der Waals surface area contributed by atoms with E-state index < -0.39 is 0 Å². The largest absolute Gasteiger partial charge is 0.489 e. The molecule has 1 aliphatic heterocycles. The Hall–Kier alpha value is -3.34. The van der Waals surface area contributed by atoms with Crippen LogP contribution in [-0.4, -0.2) is 37.4 Å². The van der Waals surface area contributed by atoms with Gasteiger partial charge in [-0.3, -0.25) is 9.91 Å². The molecular weight excluding hydrogens is 348 g/mol. The maximum Gasteiger partial charge on any atom is 0.274 e. The Kier molecular flexibility index (Phi) is 5.83. The molecule has 1 aromatic heterocycles. The van der Waals surface area contributed by atoms with E-state index in [1.807, 2.05) is 60.9 Å². The fourth-order valence-electron chi connectivity index (χ4n) is 3.17. The van der Waals surface area contributed by atoms with Gasteiger partial charge in [-0.25, -0.2) is 4.98 Å². The standard InChI is InChI=1S/C23H24N4O/c1-2-6-21(7-3-1)19-28-22-11-9-20(10-12-22)18-25-27-16-14-26(15-17-27)23-8-4-5-13-24-23/h1-13,18H,14-17,19H2/p+1/b25-18+. The molecule has 28 heavy (non-hydrogen) atoms. The molecule has 0 spiro atoms. The number of hydrazone groups is 1. The highest BCUT2D eigenvalue weighted by Gasteiger charge is 2.21. The van der Waals surface area contributed by atoms with Crippen LogP contribution in [0.15, 0.2) is 84.1 Å². The van der Waals surface area contributed by atoms with Gasteiger partial charge in [0.05, 0.1) is 25.5 Å². The Morgan fingerprint density at radius 3 is 2.32 bits per heavy atom. The zero-order valence-corrected chi connectivity index (χ0v) is 15.9. The van der Waals surface area contributed by atoms with Crippen LogP contribution in [0.25, 0.3) is 0 Å². The number of aromatic amines is 1. The van der Waals surface area contributed by atoms with Gasteiger partial charge in [-0.2, -0.15) is 5.10 Å². The van der Waals surface area contributed by atoms with Crippen molar-refractivity contribution in [2.75, 3.05) is 31.1 Å². The number of benzene rings is 2. The molecular formula is C23H25N4O+. The molecule has 0 atom stereocenters. The average molecular weight is 373 g/mol. The minimum Gasteiger partial charge on any atom is -0.489 e. The number of piperazine rings is 1. The summed E-state index contributed by atoms with van der Waals surface area (Å²) in [7, 11) is 0. The Morgan fingerprint density at radius 2 is 1.61 bits per heavy atom. The fourth-order valence-corrected chi connectivity index (χ4v) is 3.17. The van der Waals surface area contributed by atoms with Crippen LogP contribution in [0.4, 0.5) is 5.82 Å². The van der Waals surface area contributed by atoms with Gasteiger partial charge in [0.2, 0.25) is 0 Å². The molecule has 142 valence electrons. The fraction of sp³-hybridized carbons (Fsp3) is 0.217. The maximum absolute atomic E-state index is 5.83. The van der Waals surface area contributed by atoms with Crippen molar-refractivity contribution in [1.29, 1.82) is 0 Å². The second kappa shape index (κ2) is 9.04. The molecule has 1 aliphatic rings. The van der Waals surface area contributed by atoms with Crippen molar-refractivity contribution in [2.45, 2.75) is 6.61 Å². The molecule has 5 nitrogen and oxygen atoms in total. The summed E-state index contributed by atoms with van der Waals surface area (Å²) < 4.78 is 5.83. The highest BCUT2D eigenvalue weighted by molar-refractivity contribution is 5.79. The van der Waals surface area contributed by atoms with Gasteiger partial charge in [-0.1, -0.05) is 36.4 Å². The number of nitrogens with one attached hydrogen (secondary N) is 1. The Balaban J connectivity index is 1.26. The number of nitrogens with zero attached hydrogens (tertiary/aromatic N) is 3. The molecule has 4 rings (SSSR count). The number of anilines is 1. The number of H-pyrrole nitrogens is 1. The van der Waals surface area contributed by atoms with Crippen LogP contribution < -0.4 is 14.6 Å². The lowest BCUT2D eigenvalue weighted by Gasteiger charge is -2.28. The lowest BCUT2D eigenvalue weighted by atomic mass is 10.2. The van der Waals surface area contributed by atoms with Gasteiger partial charge in [-0.05, 0) is 41.5 Å². The monoisotopic (exact) mass is 373 g/mol. The van der Waals surface area contributed by atoms with Crippen molar-refractivity contribution in [1.82, 2.24) is 5.01 Å². The van der Waals surface area contributed by atoms with Gasteiger partial charge in [0.1, 0.15) is 25.4 Å². The second-order valence-corrected chi connectivity index (χ2v) is 6.78. The first kappa shape index (κ1) is 18.0. The third-order valence-electron chi connectivity index (χ3n) is 4.79. The Morgan fingerprint density at radius 1 is 0.857 bits per heavy atom. The summed E-state index contributed by atoms with van der Waals surface area (Å²) in [6.45, 7) is 4.33. The predicted molar refractivity (Wildman–Crippen MR) is 112 cm³/mol. The second-order valence-electron chi connectivity index (χ2n) is 6.78. The molecule has 0 amide bonds. The summed E-state index contributed by atoms with van der Waals surface area (Å²) in [6, 6.07) is 24.4. The molecule has 0 unspecified atom stereocenters. The van der Waals surface area contributed by atoms with Crippen molar-refractivity contribution in [2.24, 2.45) is 5.10 Å². The molecule has 1 saturated heterocycles. The zero-order valence-electron chi connectivity index (χ0n) is 15.9. The molecule has 1 fully saturated rings. The molecule has 0 saturated carbocycles. The first-order valence-corrected chi connectivity index (χ1v) is 9.64. The van der Waals surface area contributed by atoms with Crippen molar-refractivity contribution in [3.63, 3.8) is 0 Å². The number of pyridine rings is 1. The summed E-state index contributed by atoms with van der Waals surface area (Å²) in [5.74, 6) is 2.03. The first-order chi connectivity index (χ1) is 13.9. The maximum atomic E-state index is 5.83. The zero-order chi connectivity index (χ0) is 19.0. The van der Waals surface area contributed by atoms with Crippen LogP contribution in [0, 0.1) is 0 Å². The van der Waals surface area contributed by atoms with Crippen LogP contribution in [0.5, 0.6) is 5.75 Å². The smallest absolute Gasteiger partial charge is 0.274 e. The summed E-state index contributed by atoms with van der Waals surface area (Å²) in [4.78, 5) is 5.65. The van der Waals surface area contributed by atoms with E-state index in [0.717, 1.165) is 43.3 Å². The lowest BCUT2D eigenvalue weighted by Crippen LogP contribution is -2.45. The molecule has 2 aromatic carbocycles. The molecule has 5 heteroatoms. The molecule has 0 radical (unpaired) electrons. The summed E-state index contributed by atoms with van der Waals surface area (Å²) in [5.41, 5.74) is 2.24. The predicted octanol–water partition coefficient (Wildman–Crippen LogP) is 3.24. The highest BCUT2D eigenvalue weighted by atomic mass is 16.5. The normalized spacial score (nSPS) is 14.4. The molecule has 2 heterocycles. The number of ether oxygens (including phenoxy) is 1. The van der Waals surface area contributed by atoms with E-state index in [0.29, 0.717) is 6.61 Å². The third-order valence-corrected chi connectivity index (χ3v) is 4.79. The Labute approximate surface area is 165 Å². The van der Waals surface area contributed by atoms with Gasteiger partial charge in [0, 0.05) is 6.07 Å². The summed E-state index contributed by atoms with van der Waals surface area (Å²) in [6.07, 6.45) is 3.89. The van der Waals surface area contributed by atoms with E-state index in [2.05, 4.69) is 44.3 Å². The van der Waals surface area contributed by atoms with Crippen molar-refractivity contribution >= 4 is 12.0 Å². The van der Waals surface area contributed by atoms with Gasteiger partial charge < -0.3 is 4.74 Å². The van der Waals surface area contributed by atoms with Crippen molar-refractivity contribution < 1.29 is 9.72 Å². The van der Waals surface area contributed by atoms with Gasteiger partial charge in [-0.15, -0.1) is 0 Å². The van der Waals surface area contributed by atoms with E-state index >= 15 is 0 Å². The van der Waals surface area contributed by atoms with Crippen molar-refractivity contribution in [3.8, 4) is 5.75 Å². The molecule has 3 aromatic rings. The quantitative estimate of drug-likeness (QED) is 0.623. The van der Waals surface area contributed by atoms with E-state index in [4.69, 9.17) is 4.74 Å². The third kappa shape index (κ3) is 4.88. The van der Waals surface area contributed by atoms with Crippen LogP contribution in [0.2, 0.25) is 0 Å². The van der Waals surface area contributed by atoms with Crippen LogP contribution in [0.3, 0.4) is 0 Å². The van der Waals surface area contributed by atoms with E-state index in [9.17, 15) is 0 Å². The van der Waals surface area contributed by atoms with Crippen LogP contribution in [0.1, 0.15) is 11.1 Å². The number of aromatic nitrogens is 1. The van der Waals surface area contributed by atoms with Crippen molar-refractivity contribution in [3.05, 3.63) is 90.1 Å². The van der Waals surface area contributed by atoms with Gasteiger partial charge >= 0.3 is 0 Å². The van der Waals surface area contributed by atoms with E-state index in [1.165, 1.54) is 5.56 Å². The van der Waals surface area contributed by atoms with E-state index in [-0.39, 0.29) is 0 Å². The molecule has 0 bridgehead atoms. The summed E-state index contributed by atoms with van der Waals surface area (Å²) in [5, 5.41) is 6.76. The lowest BCUT2D eigenvalue weighted by molar-refractivity contribution is -0.364. The average Bonchev–Trinajstić information content (AvgIpc) is 2.79. The SMILES string of the molecule is C(=N\N1CCN(c2cccc[nH+]2)CC1)/c1ccc(OCc2ccccc2)cc1. The molecule has 1 N–H and O–H groups in total. The Bertz CT molecular complexity index is 873. The number of hydrogen-bond donors (Lipinski definition) is 0. The topological polar surface area (TPSA) is 42.2 Å². The number of rotatable bonds is 6. The highest BCUT2D eigenvalue weighted by Crippen LogP contribution is 2.14. The van der Waals surface area contributed by atoms with Gasteiger partial charge in [0.25, 0.3) is 5.82 Å². The molecule has 0 aliphatic carbocycles.